The van der Waals surface area contributed by atoms with Gasteiger partial charge in [0.05, 0.1) is 0 Å². The fourth-order valence-electron chi connectivity index (χ4n) is 1.58. The van der Waals surface area contributed by atoms with Crippen LogP contribution in [-0.2, 0) is 6.42 Å². The van der Waals surface area contributed by atoms with Crippen molar-refractivity contribution in [3.63, 3.8) is 0 Å². The van der Waals surface area contributed by atoms with Gasteiger partial charge in [0.25, 0.3) is 0 Å². The van der Waals surface area contributed by atoms with Gasteiger partial charge in [0.15, 0.2) is 5.16 Å². The molecule has 2 aromatic rings. The Morgan fingerprint density at radius 3 is 2.83 bits per heavy atom. The Balaban J connectivity index is 2.23. The molecule has 5 heteroatoms. The Bertz CT molecular complexity index is 528. The van der Waals surface area contributed by atoms with E-state index in [2.05, 4.69) is 21.0 Å². The Hall–Kier alpha value is -1.46. The zero-order valence-electron chi connectivity index (χ0n) is 10.5. The van der Waals surface area contributed by atoms with Crippen molar-refractivity contribution in [1.29, 1.82) is 0 Å². The molecule has 2 rings (SSSR count). The monoisotopic (exact) mass is 260 g/mol. The smallest absolute Gasteiger partial charge is 0.194 e. The lowest BCUT2D eigenvalue weighted by molar-refractivity contribution is 0.722. The van der Waals surface area contributed by atoms with E-state index in [9.17, 15) is 0 Å². The first-order chi connectivity index (χ1) is 8.65. The molecule has 2 N–H and O–H groups in total. The standard InChI is InChI=1S/C13H16N4S/c1-9(14)8-11-4-3-6-15-12(11)18-13-16-7-5-10(2)17-13/h3-7,9H,8,14H2,1-2H3. The van der Waals surface area contributed by atoms with Gasteiger partial charge in [0.2, 0.25) is 0 Å². The Labute approximate surface area is 111 Å². The van der Waals surface area contributed by atoms with Crippen LogP contribution in [-0.4, -0.2) is 21.0 Å². The first kappa shape index (κ1) is 13.0. The number of hydrogen-bond donors (Lipinski definition) is 1. The SMILES string of the molecule is Cc1ccnc(Sc2ncccc2CC(C)N)n1. The average Bonchev–Trinajstić information content (AvgIpc) is 2.31. The van der Waals surface area contributed by atoms with Crippen LogP contribution in [0.1, 0.15) is 18.2 Å². The van der Waals surface area contributed by atoms with Gasteiger partial charge in [-0.3, -0.25) is 0 Å². The molecule has 0 amide bonds. The summed E-state index contributed by atoms with van der Waals surface area (Å²) in [7, 11) is 0. The van der Waals surface area contributed by atoms with Gasteiger partial charge in [-0.2, -0.15) is 0 Å². The highest BCUT2D eigenvalue weighted by Gasteiger charge is 2.09. The van der Waals surface area contributed by atoms with E-state index in [-0.39, 0.29) is 6.04 Å². The number of aryl methyl sites for hydroxylation is 1. The van der Waals surface area contributed by atoms with Gasteiger partial charge in [-0.05, 0) is 49.7 Å². The maximum atomic E-state index is 5.84. The largest absolute Gasteiger partial charge is 0.328 e. The van der Waals surface area contributed by atoms with Crippen molar-refractivity contribution in [3.05, 3.63) is 41.9 Å². The minimum absolute atomic E-state index is 0.118. The van der Waals surface area contributed by atoms with Crippen molar-refractivity contribution < 1.29 is 0 Å². The van der Waals surface area contributed by atoms with Crippen molar-refractivity contribution >= 4 is 11.8 Å². The van der Waals surface area contributed by atoms with Crippen LogP contribution < -0.4 is 5.73 Å². The fourth-order valence-corrected chi connectivity index (χ4v) is 2.45. The van der Waals surface area contributed by atoms with Crippen molar-refractivity contribution in [1.82, 2.24) is 15.0 Å². The normalized spacial score (nSPS) is 12.4. The molecule has 0 fully saturated rings. The number of pyridine rings is 1. The van der Waals surface area contributed by atoms with Crippen LogP contribution >= 0.6 is 11.8 Å². The molecular weight excluding hydrogens is 244 g/mol. The summed E-state index contributed by atoms with van der Waals surface area (Å²) < 4.78 is 0. The Morgan fingerprint density at radius 1 is 1.28 bits per heavy atom. The van der Waals surface area contributed by atoms with E-state index in [0.29, 0.717) is 0 Å². The predicted molar refractivity (Wildman–Crippen MR) is 72.5 cm³/mol. The topological polar surface area (TPSA) is 64.7 Å². The third kappa shape index (κ3) is 3.51. The molecule has 1 atom stereocenters. The minimum atomic E-state index is 0.118. The summed E-state index contributed by atoms with van der Waals surface area (Å²) in [5.41, 5.74) is 7.94. The number of nitrogens with zero attached hydrogens (tertiary/aromatic N) is 3. The molecule has 0 saturated heterocycles. The van der Waals surface area contributed by atoms with Crippen LogP contribution in [0.25, 0.3) is 0 Å². The number of aromatic nitrogens is 3. The molecular formula is C13H16N4S. The van der Waals surface area contributed by atoms with E-state index < -0.39 is 0 Å². The van der Waals surface area contributed by atoms with Crippen molar-refractivity contribution in [2.45, 2.75) is 36.5 Å². The molecule has 0 aliphatic carbocycles. The molecule has 0 saturated carbocycles. The molecule has 1 unspecified atom stereocenters. The second kappa shape index (κ2) is 5.93. The van der Waals surface area contributed by atoms with Gasteiger partial charge < -0.3 is 5.73 Å². The fraction of sp³-hybridized carbons (Fsp3) is 0.308. The van der Waals surface area contributed by atoms with E-state index in [4.69, 9.17) is 5.73 Å². The second-order valence-electron chi connectivity index (χ2n) is 4.23. The van der Waals surface area contributed by atoms with E-state index in [1.165, 1.54) is 11.8 Å². The molecule has 0 aliphatic heterocycles. The number of rotatable bonds is 4. The summed E-state index contributed by atoms with van der Waals surface area (Å²) >= 11 is 1.48. The zero-order valence-corrected chi connectivity index (χ0v) is 11.3. The maximum absolute atomic E-state index is 5.84. The highest BCUT2D eigenvalue weighted by Crippen LogP contribution is 2.26. The minimum Gasteiger partial charge on any atom is -0.328 e. The zero-order chi connectivity index (χ0) is 13.0. The third-order valence-corrected chi connectivity index (χ3v) is 3.29. The average molecular weight is 260 g/mol. The van der Waals surface area contributed by atoms with Crippen LogP contribution in [0.4, 0.5) is 0 Å². The molecule has 2 aromatic heterocycles. The van der Waals surface area contributed by atoms with Crippen LogP contribution in [0.3, 0.4) is 0 Å². The van der Waals surface area contributed by atoms with Gasteiger partial charge in [-0.15, -0.1) is 0 Å². The lowest BCUT2D eigenvalue weighted by atomic mass is 10.1. The van der Waals surface area contributed by atoms with Gasteiger partial charge >= 0.3 is 0 Å². The molecule has 2 heterocycles. The molecule has 0 aliphatic rings. The first-order valence-corrected chi connectivity index (χ1v) is 6.64. The summed E-state index contributed by atoms with van der Waals surface area (Å²) in [6, 6.07) is 5.98. The van der Waals surface area contributed by atoms with Crippen LogP contribution in [0, 0.1) is 6.92 Å². The predicted octanol–water partition coefficient (Wildman–Crippen LogP) is 2.22. The Kier molecular flexibility index (Phi) is 4.28. The van der Waals surface area contributed by atoms with Gasteiger partial charge in [-0.1, -0.05) is 6.07 Å². The second-order valence-corrected chi connectivity index (χ2v) is 5.19. The van der Waals surface area contributed by atoms with E-state index in [1.54, 1.807) is 12.4 Å². The molecule has 0 spiro atoms. The van der Waals surface area contributed by atoms with Gasteiger partial charge in [-0.25, -0.2) is 15.0 Å². The number of nitrogens with two attached hydrogens (primary N) is 1. The highest BCUT2D eigenvalue weighted by molar-refractivity contribution is 7.99. The first-order valence-electron chi connectivity index (χ1n) is 5.82. The van der Waals surface area contributed by atoms with Crippen LogP contribution in [0.15, 0.2) is 40.8 Å². The number of hydrogen-bond acceptors (Lipinski definition) is 5. The summed E-state index contributed by atoms with van der Waals surface area (Å²) in [5, 5.41) is 1.65. The van der Waals surface area contributed by atoms with Crippen molar-refractivity contribution in [2.24, 2.45) is 5.73 Å². The van der Waals surface area contributed by atoms with Gasteiger partial charge in [0, 0.05) is 24.1 Å². The van der Waals surface area contributed by atoms with E-state index >= 15 is 0 Å². The Morgan fingerprint density at radius 2 is 2.11 bits per heavy atom. The molecule has 4 nitrogen and oxygen atoms in total. The van der Waals surface area contributed by atoms with Crippen molar-refractivity contribution in [3.8, 4) is 0 Å². The van der Waals surface area contributed by atoms with Crippen LogP contribution in [0.2, 0.25) is 0 Å². The molecule has 0 aromatic carbocycles. The lowest BCUT2D eigenvalue weighted by Crippen LogP contribution is -2.18. The lowest BCUT2D eigenvalue weighted by Gasteiger charge is -2.09. The highest BCUT2D eigenvalue weighted by atomic mass is 32.2. The van der Waals surface area contributed by atoms with Gasteiger partial charge in [0.1, 0.15) is 5.03 Å². The van der Waals surface area contributed by atoms with Crippen molar-refractivity contribution in [2.75, 3.05) is 0 Å². The summed E-state index contributed by atoms with van der Waals surface area (Å²) in [6.07, 6.45) is 4.35. The quantitative estimate of drug-likeness (QED) is 0.854. The third-order valence-electron chi connectivity index (χ3n) is 2.35. The summed E-state index contributed by atoms with van der Waals surface area (Å²) in [4.78, 5) is 13.0. The maximum Gasteiger partial charge on any atom is 0.194 e. The van der Waals surface area contributed by atoms with Crippen LogP contribution in [0.5, 0.6) is 0 Å². The molecule has 0 radical (unpaired) electrons. The molecule has 18 heavy (non-hydrogen) atoms. The summed E-state index contributed by atoms with van der Waals surface area (Å²) in [6.45, 7) is 3.94. The van der Waals surface area contributed by atoms with E-state index in [1.807, 2.05) is 26.0 Å². The molecule has 0 bridgehead atoms. The van der Waals surface area contributed by atoms with E-state index in [0.717, 1.165) is 27.9 Å². The summed E-state index contributed by atoms with van der Waals surface area (Å²) in [5.74, 6) is 0. The molecule has 94 valence electrons.